The van der Waals surface area contributed by atoms with E-state index < -0.39 is 0 Å². The van der Waals surface area contributed by atoms with E-state index in [1.807, 2.05) is 0 Å². The van der Waals surface area contributed by atoms with Gasteiger partial charge in [-0.2, -0.15) is 0 Å². The van der Waals surface area contributed by atoms with Gasteiger partial charge < -0.3 is 0 Å². The van der Waals surface area contributed by atoms with E-state index >= 15 is 0 Å². The van der Waals surface area contributed by atoms with Gasteiger partial charge in [0.2, 0.25) is 0 Å². The van der Waals surface area contributed by atoms with Crippen LogP contribution in [0.1, 0.15) is 26.7 Å². The first-order valence-corrected chi connectivity index (χ1v) is 4.81. The van der Waals surface area contributed by atoms with Gasteiger partial charge in [-0.15, -0.1) is 0 Å². The highest BCUT2D eigenvalue weighted by molar-refractivity contribution is 5.79. The summed E-state index contributed by atoms with van der Waals surface area (Å²) in [6, 6.07) is 0. The summed E-state index contributed by atoms with van der Waals surface area (Å²) >= 11 is 0. The van der Waals surface area contributed by atoms with E-state index in [4.69, 9.17) is 0 Å². The SMILES string of the molecule is CC=C(C)[N+](C)=CC1=CCCC=C1. The Kier molecular flexibility index (Phi) is 3.69. The van der Waals surface area contributed by atoms with E-state index in [1.165, 1.54) is 24.1 Å². The molecule has 0 heterocycles. The highest BCUT2D eigenvalue weighted by Gasteiger charge is 2.01. The van der Waals surface area contributed by atoms with Crippen molar-refractivity contribution in [1.29, 1.82) is 0 Å². The van der Waals surface area contributed by atoms with E-state index in [2.05, 4.69) is 56.0 Å². The molecule has 13 heavy (non-hydrogen) atoms. The average Bonchev–Trinajstić information content (AvgIpc) is 2.18. The molecule has 0 saturated carbocycles. The van der Waals surface area contributed by atoms with Crippen molar-refractivity contribution in [2.75, 3.05) is 7.05 Å². The van der Waals surface area contributed by atoms with Gasteiger partial charge in [0.1, 0.15) is 7.05 Å². The van der Waals surface area contributed by atoms with Crippen molar-refractivity contribution >= 4 is 6.21 Å². The van der Waals surface area contributed by atoms with Gasteiger partial charge in [-0.3, -0.25) is 0 Å². The zero-order valence-electron chi connectivity index (χ0n) is 8.75. The maximum Gasteiger partial charge on any atom is 0.175 e. The molecule has 0 radical (unpaired) electrons. The van der Waals surface area contributed by atoms with Crippen molar-refractivity contribution in [2.45, 2.75) is 26.7 Å². The van der Waals surface area contributed by atoms with Gasteiger partial charge in [-0.05, 0) is 25.8 Å². The fourth-order valence-electron chi connectivity index (χ4n) is 1.26. The molecule has 0 aromatic carbocycles. The van der Waals surface area contributed by atoms with E-state index in [0.29, 0.717) is 0 Å². The zero-order chi connectivity index (χ0) is 9.68. The molecule has 70 valence electrons. The summed E-state index contributed by atoms with van der Waals surface area (Å²) in [7, 11) is 2.08. The largest absolute Gasteiger partial charge is 0.205 e. The average molecular weight is 176 g/mol. The molecule has 1 heteroatoms. The molecule has 0 aromatic heterocycles. The van der Waals surface area contributed by atoms with Gasteiger partial charge in [-0.1, -0.05) is 18.2 Å². The van der Waals surface area contributed by atoms with Crippen LogP contribution in [-0.2, 0) is 0 Å². The third kappa shape index (κ3) is 3.02. The first-order chi connectivity index (χ1) is 6.24. The van der Waals surface area contributed by atoms with Crippen LogP contribution in [0.25, 0.3) is 0 Å². The predicted octanol–water partition coefficient (Wildman–Crippen LogP) is 2.90. The molecule has 0 fully saturated rings. The first kappa shape index (κ1) is 9.97. The van der Waals surface area contributed by atoms with Crippen molar-refractivity contribution < 1.29 is 4.58 Å². The third-order valence-electron chi connectivity index (χ3n) is 2.34. The second kappa shape index (κ2) is 4.80. The lowest BCUT2D eigenvalue weighted by Crippen LogP contribution is -2.05. The van der Waals surface area contributed by atoms with E-state index in [9.17, 15) is 0 Å². The summed E-state index contributed by atoms with van der Waals surface area (Å²) in [6.07, 6.45) is 13.3. The van der Waals surface area contributed by atoms with Crippen LogP contribution in [0.5, 0.6) is 0 Å². The van der Waals surface area contributed by atoms with Crippen LogP contribution >= 0.6 is 0 Å². The Bertz CT molecular complexity index is 290. The molecule has 0 unspecified atom stereocenters. The number of allylic oxidation sites excluding steroid dienone is 6. The van der Waals surface area contributed by atoms with Crippen molar-refractivity contribution in [3.05, 3.63) is 35.6 Å². The van der Waals surface area contributed by atoms with Crippen LogP contribution in [0.15, 0.2) is 35.6 Å². The molecule has 1 aliphatic rings. The van der Waals surface area contributed by atoms with Crippen LogP contribution in [0.3, 0.4) is 0 Å². The van der Waals surface area contributed by atoms with Gasteiger partial charge >= 0.3 is 0 Å². The van der Waals surface area contributed by atoms with Crippen molar-refractivity contribution in [1.82, 2.24) is 0 Å². The van der Waals surface area contributed by atoms with Crippen LogP contribution in [0.4, 0.5) is 0 Å². The quantitative estimate of drug-likeness (QED) is 0.449. The summed E-state index contributed by atoms with van der Waals surface area (Å²) in [4.78, 5) is 0. The van der Waals surface area contributed by atoms with Crippen molar-refractivity contribution in [3.8, 4) is 0 Å². The lowest BCUT2D eigenvalue weighted by molar-refractivity contribution is -0.437. The summed E-state index contributed by atoms with van der Waals surface area (Å²) in [5, 5.41) is 0. The Morgan fingerprint density at radius 1 is 1.46 bits per heavy atom. The molecule has 1 rings (SSSR count). The first-order valence-electron chi connectivity index (χ1n) is 4.81. The highest BCUT2D eigenvalue weighted by Crippen LogP contribution is 2.07. The molecule has 0 bridgehead atoms. The maximum absolute atomic E-state index is 2.28. The Morgan fingerprint density at radius 3 is 2.77 bits per heavy atom. The minimum absolute atomic E-state index is 1.17. The van der Waals surface area contributed by atoms with Gasteiger partial charge in [-0.25, -0.2) is 4.58 Å². The van der Waals surface area contributed by atoms with Gasteiger partial charge in [0.15, 0.2) is 11.9 Å². The molecular formula is C12H18N+. The molecule has 0 aromatic rings. The summed E-state index contributed by atoms with van der Waals surface area (Å²) in [6.45, 7) is 4.17. The molecule has 0 saturated heterocycles. The molecule has 1 nitrogen and oxygen atoms in total. The van der Waals surface area contributed by atoms with E-state index in [0.717, 1.165) is 0 Å². The van der Waals surface area contributed by atoms with Gasteiger partial charge in [0.05, 0.1) is 0 Å². The molecule has 0 N–H and O–H groups in total. The second-order valence-electron chi connectivity index (χ2n) is 3.35. The molecule has 0 amide bonds. The fourth-order valence-corrected chi connectivity index (χ4v) is 1.26. The lowest BCUT2D eigenvalue weighted by atomic mass is 10.1. The number of hydrogen-bond acceptors (Lipinski definition) is 0. The zero-order valence-corrected chi connectivity index (χ0v) is 8.75. The smallest absolute Gasteiger partial charge is 0.175 e. The number of nitrogens with zero attached hydrogens (tertiary/aromatic N) is 1. The van der Waals surface area contributed by atoms with Gasteiger partial charge in [0.25, 0.3) is 0 Å². The summed E-state index contributed by atoms with van der Waals surface area (Å²) < 4.78 is 2.15. The Labute approximate surface area is 80.8 Å². The monoisotopic (exact) mass is 176 g/mol. The minimum atomic E-state index is 1.17. The molecule has 0 spiro atoms. The molecule has 0 atom stereocenters. The fraction of sp³-hybridized carbons (Fsp3) is 0.417. The predicted molar refractivity (Wildman–Crippen MR) is 58.1 cm³/mol. The van der Waals surface area contributed by atoms with Crippen LogP contribution in [0, 0.1) is 0 Å². The summed E-state index contributed by atoms with van der Waals surface area (Å²) in [5.74, 6) is 0. The Morgan fingerprint density at radius 2 is 2.23 bits per heavy atom. The van der Waals surface area contributed by atoms with Crippen molar-refractivity contribution in [2.24, 2.45) is 0 Å². The lowest BCUT2D eigenvalue weighted by Gasteiger charge is -2.00. The van der Waals surface area contributed by atoms with Crippen LogP contribution in [-0.4, -0.2) is 17.8 Å². The molecule has 1 aliphatic carbocycles. The van der Waals surface area contributed by atoms with Gasteiger partial charge in [0, 0.05) is 12.5 Å². The van der Waals surface area contributed by atoms with Crippen LogP contribution < -0.4 is 0 Å². The topological polar surface area (TPSA) is 3.01 Å². The minimum Gasteiger partial charge on any atom is -0.205 e. The Hall–Kier alpha value is -1.11. The standard InChI is InChI=1S/C12H18N/c1-4-11(2)13(3)10-12-8-6-5-7-9-12/h4,6,8-10H,5,7H2,1-3H3/q+1. The Balaban J connectivity index is 2.75. The third-order valence-corrected chi connectivity index (χ3v) is 2.34. The van der Waals surface area contributed by atoms with E-state index in [-0.39, 0.29) is 0 Å². The van der Waals surface area contributed by atoms with Crippen LogP contribution in [0.2, 0.25) is 0 Å². The number of hydrogen-bond donors (Lipinski definition) is 0. The molecule has 0 aliphatic heterocycles. The highest BCUT2D eigenvalue weighted by atomic mass is 15.0. The molecular weight excluding hydrogens is 158 g/mol. The number of rotatable bonds is 2. The maximum atomic E-state index is 2.28. The van der Waals surface area contributed by atoms with E-state index in [1.54, 1.807) is 0 Å². The van der Waals surface area contributed by atoms with Crippen molar-refractivity contribution in [3.63, 3.8) is 0 Å². The summed E-state index contributed by atoms with van der Waals surface area (Å²) in [5.41, 5.74) is 2.59. The normalized spacial score (nSPS) is 18.8. The second-order valence-corrected chi connectivity index (χ2v) is 3.35.